The van der Waals surface area contributed by atoms with Crippen molar-refractivity contribution in [1.29, 1.82) is 0 Å². The number of hydrogen-bond donors (Lipinski definition) is 0. The predicted molar refractivity (Wildman–Crippen MR) is 130 cm³/mol. The standard InChI is InChI=1S/C15H10F3N3.C12H9F2N2.Pt/c16-15(17,18)12-6-8-14(9-7-12)21-11-20(10-19-21)13-4-2-1-3-5-13;1-2-8-5-6-15-10(7-8)9-3-4-11(13)16-12(9)14;/h1-8,10-11H;4-7H,2H2,1H3;/q-2;-1;. The quantitative estimate of drug-likeness (QED) is 0.135. The van der Waals surface area contributed by atoms with Gasteiger partial charge in [0.2, 0.25) is 0 Å². The van der Waals surface area contributed by atoms with Crippen LogP contribution in [0.4, 0.5) is 33.3 Å². The second-order valence-electron chi connectivity index (χ2n) is 7.69. The molecule has 0 spiro atoms. The summed E-state index contributed by atoms with van der Waals surface area (Å²) >= 11 is 0. The fourth-order valence-corrected chi connectivity index (χ4v) is 3.27. The number of para-hydroxylation sites is 1. The number of nitrogens with zero attached hydrogens (tertiary/aromatic N) is 5. The molecule has 0 unspecified atom stereocenters. The average molecular weight is 704 g/mol. The van der Waals surface area contributed by atoms with Crippen LogP contribution in [0.5, 0.6) is 0 Å². The SMILES string of the molecule is CCc1ccnc(-c2[c-]cc(F)nc2F)c1.FC(F)(F)c1c[c-]c(N2[CH-]N(c3ccccc3)C=N2)cc1.[Pt]. The zero-order valence-electron chi connectivity index (χ0n) is 19.7. The second kappa shape index (κ2) is 12.7. The van der Waals surface area contributed by atoms with Crippen LogP contribution in [-0.2, 0) is 33.7 Å². The van der Waals surface area contributed by atoms with Gasteiger partial charge < -0.3 is 14.9 Å². The third-order valence-corrected chi connectivity index (χ3v) is 5.19. The minimum absolute atomic E-state index is 0. The molecule has 200 valence electrons. The maximum Gasteiger partial charge on any atom is 0.370 e. The maximum absolute atomic E-state index is 13.3. The van der Waals surface area contributed by atoms with Gasteiger partial charge in [0.1, 0.15) is 11.9 Å². The minimum atomic E-state index is -4.36. The van der Waals surface area contributed by atoms with E-state index in [0.29, 0.717) is 11.4 Å². The Morgan fingerprint density at radius 2 is 1.74 bits per heavy atom. The van der Waals surface area contributed by atoms with Gasteiger partial charge >= 0.3 is 6.18 Å². The van der Waals surface area contributed by atoms with Crippen LogP contribution in [0.3, 0.4) is 0 Å². The largest absolute Gasteiger partial charge is 0.463 e. The van der Waals surface area contributed by atoms with Gasteiger partial charge in [-0.25, -0.2) is 8.78 Å². The second-order valence-corrected chi connectivity index (χ2v) is 7.69. The van der Waals surface area contributed by atoms with E-state index in [0.717, 1.165) is 35.9 Å². The van der Waals surface area contributed by atoms with E-state index in [4.69, 9.17) is 0 Å². The summed E-state index contributed by atoms with van der Waals surface area (Å²) in [6.45, 7) is 3.66. The van der Waals surface area contributed by atoms with Crippen LogP contribution in [0.15, 0.2) is 78.0 Å². The zero-order valence-corrected chi connectivity index (χ0v) is 22.0. The first-order chi connectivity index (χ1) is 17.7. The molecular formula is C27H19F5N5Pt-3. The van der Waals surface area contributed by atoms with E-state index in [1.807, 2.05) is 43.3 Å². The number of benzene rings is 2. The van der Waals surface area contributed by atoms with Crippen LogP contribution >= 0.6 is 0 Å². The summed E-state index contributed by atoms with van der Waals surface area (Å²) < 4.78 is 63.5. The van der Waals surface area contributed by atoms with Gasteiger partial charge in [-0.2, -0.15) is 36.5 Å². The Hall–Kier alpha value is -3.65. The molecule has 38 heavy (non-hydrogen) atoms. The average Bonchev–Trinajstić information content (AvgIpc) is 3.40. The van der Waals surface area contributed by atoms with E-state index >= 15 is 0 Å². The molecule has 1 aliphatic heterocycles. The molecule has 2 aromatic carbocycles. The molecule has 0 bridgehead atoms. The number of hydrogen-bond acceptors (Lipinski definition) is 5. The molecule has 0 N–H and O–H groups in total. The Labute approximate surface area is 230 Å². The minimum Gasteiger partial charge on any atom is -0.463 e. The summed E-state index contributed by atoms with van der Waals surface area (Å²) in [5.41, 5.74) is 2.17. The first kappa shape index (κ1) is 28.9. The summed E-state index contributed by atoms with van der Waals surface area (Å²) in [7, 11) is 0. The van der Waals surface area contributed by atoms with Gasteiger partial charge in [-0.15, -0.1) is 18.8 Å². The Kier molecular flexibility index (Phi) is 9.69. The molecule has 0 amide bonds. The topological polar surface area (TPSA) is 44.6 Å². The van der Waals surface area contributed by atoms with Crippen molar-refractivity contribution in [2.24, 2.45) is 5.10 Å². The summed E-state index contributed by atoms with van der Waals surface area (Å²) in [6, 6.07) is 22.4. The van der Waals surface area contributed by atoms with Gasteiger partial charge in [-0.3, -0.25) is 4.98 Å². The maximum atomic E-state index is 13.3. The molecule has 0 fully saturated rings. The number of hydrazone groups is 1. The van der Waals surface area contributed by atoms with Gasteiger partial charge in [0.15, 0.2) is 0 Å². The van der Waals surface area contributed by atoms with Crippen LogP contribution in [-0.4, -0.2) is 16.3 Å². The van der Waals surface area contributed by atoms with Gasteiger partial charge in [-0.1, -0.05) is 59.6 Å². The number of anilines is 2. The van der Waals surface area contributed by atoms with Crippen LogP contribution in [0.1, 0.15) is 18.1 Å². The molecular weight excluding hydrogens is 684 g/mol. The van der Waals surface area contributed by atoms with Crippen molar-refractivity contribution in [3.05, 3.63) is 115 Å². The van der Waals surface area contributed by atoms with Gasteiger partial charge in [-0.05, 0) is 30.3 Å². The Morgan fingerprint density at radius 3 is 2.37 bits per heavy atom. The van der Waals surface area contributed by atoms with Gasteiger partial charge in [0.05, 0.1) is 6.34 Å². The molecule has 4 aromatic rings. The van der Waals surface area contributed by atoms with Crippen LogP contribution in [0.2, 0.25) is 0 Å². The van der Waals surface area contributed by atoms with E-state index in [2.05, 4.69) is 27.2 Å². The van der Waals surface area contributed by atoms with E-state index in [-0.39, 0.29) is 26.6 Å². The van der Waals surface area contributed by atoms with Crippen molar-refractivity contribution in [2.45, 2.75) is 19.5 Å². The number of aryl methyl sites for hydroxylation is 1. The molecule has 11 heteroatoms. The fourth-order valence-electron chi connectivity index (χ4n) is 3.27. The Balaban J connectivity index is 0.000000213. The third-order valence-electron chi connectivity index (χ3n) is 5.19. The number of alkyl halides is 3. The molecule has 0 saturated heterocycles. The summed E-state index contributed by atoms with van der Waals surface area (Å²) in [6.07, 6.45) is -0.361. The number of halogens is 5. The Morgan fingerprint density at radius 1 is 0.974 bits per heavy atom. The summed E-state index contributed by atoms with van der Waals surface area (Å²) in [4.78, 5) is 8.88. The van der Waals surface area contributed by atoms with Crippen molar-refractivity contribution in [3.8, 4) is 11.3 Å². The summed E-state index contributed by atoms with van der Waals surface area (Å²) in [5, 5.41) is 5.59. The molecule has 0 saturated carbocycles. The predicted octanol–water partition coefficient (Wildman–Crippen LogP) is 6.68. The number of aromatic nitrogens is 2. The number of rotatable bonds is 4. The van der Waals surface area contributed by atoms with E-state index < -0.39 is 23.6 Å². The van der Waals surface area contributed by atoms with Gasteiger partial charge in [0, 0.05) is 32.9 Å². The van der Waals surface area contributed by atoms with E-state index in [9.17, 15) is 22.0 Å². The molecule has 1 aliphatic rings. The first-order valence-corrected chi connectivity index (χ1v) is 11.0. The van der Waals surface area contributed by atoms with Crippen molar-refractivity contribution in [3.63, 3.8) is 0 Å². The first-order valence-electron chi connectivity index (χ1n) is 11.0. The van der Waals surface area contributed by atoms with Crippen molar-refractivity contribution in [2.75, 3.05) is 9.91 Å². The fraction of sp³-hybridized carbons (Fsp3) is 0.111. The molecule has 2 aromatic heterocycles. The summed E-state index contributed by atoms with van der Waals surface area (Å²) in [5.74, 6) is -1.77. The van der Waals surface area contributed by atoms with Crippen LogP contribution in [0.25, 0.3) is 11.3 Å². The van der Waals surface area contributed by atoms with E-state index in [1.165, 1.54) is 11.1 Å². The number of pyridine rings is 2. The molecule has 5 rings (SSSR count). The zero-order chi connectivity index (χ0) is 26.4. The molecule has 5 nitrogen and oxygen atoms in total. The third kappa shape index (κ3) is 7.22. The molecule has 0 atom stereocenters. The molecule has 0 aliphatic carbocycles. The Bertz CT molecular complexity index is 1360. The van der Waals surface area contributed by atoms with Gasteiger partial charge in [0.25, 0.3) is 0 Å². The van der Waals surface area contributed by atoms with Crippen molar-refractivity contribution < 1.29 is 43.0 Å². The van der Waals surface area contributed by atoms with Crippen LogP contribution in [0, 0.1) is 30.7 Å². The molecule has 0 radical (unpaired) electrons. The van der Waals surface area contributed by atoms with E-state index in [1.54, 1.807) is 30.2 Å². The van der Waals surface area contributed by atoms with Crippen LogP contribution < -0.4 is 9.91 Å². The van der Waals surface area contributed by atoms with Crippen molar-refractivity contribution in [1.82, 2.24) is 9.97 Å². The smallest absolute Gasteiger partial charge is 0.370 e. The normalized spacial score (nSPS) is 12.6. The van der Waals surface area contributed by atoms with Crippen molar-refractivity contribution >= 4 is 17.7 Å². The monoisotopic (exact) mass is 703 g/mol. The molecule has 3 heterocycles.